The van der Waals surface area contributed by atoms with Crippen molar-refractivity contribution in [2.75, 3.05) is 7.05 Å². The number of carbonyl (C=O) groups is 1. The highest BCUT2D eigenvalue weighted by molar-refractivity contribution is 7.89. The van der Waals surface area contributed by atoms with Crippen LogP contribution in [0.15, 0.2) is 47.5 Å². The van der Waals surface area contributed by atoms with Gasteiger partial charge in [-0.05, 0) is 36.8 Å². The maximum atomic E-state index is 12.2. The number of aromatic nitrogens is 1. The first-order valence-corrected chi connectivity index (χ1v) is 7.88. The van der Waals surface area contributed by atoms with Crippen molar-refractivity contribution < 1.29 is 13.2 Å². The molecule has 1 amide bonds. The molecule has 6 nitrogen and oxygen atoms in total. The van der Waals surface area contributed by atoms with Gasteiger partial charge in [-0.1, -0.05) is 12.1 Å². The number of aromatic amines is 1. The Bertz CT molecular complexity index is 721. The molecule has 0 aliphatic rings. The summed E-state index contributed by atoms with van der Waals surface area (Å²) >= 11 is 0. The van der Waals surface area contributed by atoms with Crippen molar-refractivity contribution in [3.05, 3.63) is 53.9 Å². The van der Waals surface area contributed by atoms with E-state index in [0.29, 0.717) is 5.69 Å². The van der Waals surface area contributed by atoms with Gasteiger partial charge in [0.15, 0.2) is 0 Å². The SMILES string of the molecule is CC(c1ccc(S(N)(=O)=O)cc1)N(C)C(=O)c1ccc[nH]1. The molecule has 0 radical (unpaired) electrons. The zero-order chi connectivity index (χ0) is 15.6. The zero-order valence-corrected chi connectivity index (χ0v) is 12.6. The minimum absolute atomic E-state index is 0.0526. The Hall–Kier alpha value is -2.12. The van der Waals surface area contributed by atoms with E-state index in [-0.39, 0.29) is 16.8 Å². The van der Waals surface area contributed by atoms with Gasteiger partial charge in [0, 0.05) is 13.2 Å². The molecule has 2 aromatic rings. The highest BCUT2D eigenvalue weighted by Crippen LogP contribution is 2.21. The molecule has 7 heteroatoms. The first-order valence-electron chi connectivity index (χ1n) is 6.34. The Labute approximate surface area is 123 Å². The third kappa shape index (κ3) is 3.32. The number of carbonyl (C=O) groups excluding carboxylic acids is 1. The maximum Gasteiger partial charge on any atom is 0.270 e. The van der Waals surface area contributed by atoms with Gasteiger partial charge in [0.05, 0.1) is 10.9 Å². The molecule has 1 heterocycles. The summed E-state index contributed by atoms with van der Waals surface area (Å²) in [5.74, 6) is -0.136. The van der Waals surface area contributed by atoms with Gasteiger partial charge < -0.3 is 9.88 Å². The van der Waals surface area contributed by atoms with E-state index in [1.165, 1.54) is 12.1 Å². The van der Waals surface area contributed by atoms with Crippen LogP contribution in [0.2, 0.25) is 0 Å². The summed E-state index contributed by atoms with van der Waals surface area (Å²) in [7, 11) is -2.01. The van der Waals surface area contributed by atoms with E-state index in [1.807, 2.05) is 6.92 Å². The van der Waals surface area contributed by atoms with Gasteiger partial charge in [0.2, 0.25) is 10.0 Å². The van der Waals surface area contributed by atoms with Crippen LogP contribution in [0.5, 0.6) is 0 Å². The summed E-state index contributed by atoms with van der Waals surface area (Å²) in [5.41, 5.74) is 1.33. The summed E-state index contributed by atoms with van der Waals surface area (Å²) in [4.78, 5) is 16.7. The zero-order valence-electron chi connectivity index (χ0n) is 11.8. The molecule has 21 heavy (non-hydrogen) atoms. The summed E-state index contributed by atoms with van der Waals surface area (Å²) < 4.78 is 22.4. The van der Waals surface area contributed by atoms with E-state index in [0.717, 1.165) is 5.56 Å². The molecule has 1 aromatic carbocycles. The van der Waals surface area contributed by atoms with Crippen LogP contribution in [-0.2, 0) is 10.0 Å². The summed E-state index contributed by atoms with van der Waals surface area (Å²) in [6, 6.07) is 9.45. The third-order valence-corrected chi connectivity index (χ3v) is 4.35. The first-order chi connectivity index (χ1) is 9.80. The van der Waals surface area contributed by atoms with Gasteiger partial charge in [-0.25, -0.2) is 13.6 Å². The summed E-state index contributed by atoms with van der Waals surface area (Å²) in [6.45, 7) is 1.87. The van der Waals surface area contributed by atoms with Crippen molar-refractivity contribution in [3.8, 4) is 0 Å². The number of sulfonamides is 1. The molecule has 2 rings (SSSR count). The highest BCUT2D eigenvalue weighted by Gasteiger charge is 2.19. The molecule has 0 saturated carbocycles. The average molecular weight is 307 g/mol. The van der Waals surface area contributed by atoms with Crippen LogP contribution < -0.4 is 5.14 Å². The Morgan fingerprint density at radius 1 is 1.24 bits per heavy atom. The predicted molar refractivity (Wildman–Crippen MR) is 79.1 cm³/mol. The minimum Gasteiger partial charge on any atom is -0.357 e. The molecule has 1 aromatic heterocycles. The Morgan fingerprint density at radius 3 is 2.33 bits per heavy atom. The lowest BCUT2D eigenvalue weighted by molar-refractivity contribution is 0.0737. The quantitative estimate of drug-likeness (QED) is 0.895. The number of hydrogen-bond donors (Lipinski definition) is 2. The van der Waals surface area contributed by atoms with Crippen molar-refractivity contribution >= 4 is 15.9 Å². The molecule has 0 bridgehead atoms. The van der Waals surface area contributed by atoms with Crippen molar-refractivity contribution in [3.63, 3.8) is 0 Å². The molecule has 0 fully saturated rings. The molecular formula is C14H17N3O3S. The van der Waals surface area contributed by atoms with E-state index < -0.39 is 10.0 Å². The van der Waals surface area contributed by atoms with Gasteiger partial charge >= 0.3 is 0 Å². The van der Waals surface area contributed by atoms with Crippen molar-refractivity contribution in [1.82, 2.24) is 9.88 Å². The molecule has 0 saturated heterocycles. The van der Waals surface area contributed by atoms with Crippen LogP contribution in [0, 0.1) is 0 Å². The van der Waals surface area contributed by atoms with Crippen molar-refractivity contribution in [1.29, 1.82) is 0 Å². The average Bonchev–Trinajstić information content (AvgIpc) is 2.98. The molecule has 112 valence electrons. The van der Waals surface area contributed by atoms with Crippen molar-refractivity contribution in [2.24, 2.45) is 5.14 Å². The molecule has 0 aliphatic heterocycles. The molecule has 1 unspecified atom stereocenters. The smallest absolute Gasteiger partial charge is 0.270 e. The fraction of sp³-hybridized carbons (Fsp3) is 0.214. The Morgan fingerprint density at radius 2 is 1.86 bits per heavy atom. The lowest BCUT2D eigenvalue weighted by Gasteiger charge is -2.25. The second-order valence-electron chi connectivity index (χ2n) is 4.79. The van der Waals surface area contributed by atoms with Crippen LogP contribution in [-0.4, -0.2) is 31.3 Å². The number of H-pyrrole nitrogens is 1. The van der Waals surface area contributed by atoms with E-state index >= 15 is 0 Å². The van der Waals surface area contributed by atoms with Crippen molar-refractivity contribution in [2.45, 2.75) is 17.9 Å². The number of nitrogens with zero attached hydrogens (tertiary/aromatic N) is 1. The van der Waals surface area contributed by atoms with Crippen LogP contribution in [0.25, 0.3) is 0 Å². The standard InChI is InChI=1S/C14H17N3O3S/c1-10(17(2)14(18)13-4-3-9-16-13)11-5-7-12(8-6-11)21(15,19)20/h3-10,16H,1-2H3,(H2,15,19,20). The number of primary sulfonamides is 1. The normalized spacial score (nSPS) is 12.9. The molecule has 1 atom stereocenters. The first kappa shape index (κ1) is 15.3. The number of nitrogens with two attached hydrogens (primary N) is 1. The number of rotatable bonds is 4. The van der Waals surface area contributed by atoms with E-state index in [2.05, 4.69) is 4.98 Å². The van der Waals surface area contributed by atoms with E-state index in [1.54, 1.807) is 42.4 Å². The summed E-state index contributed by atoms with van der Waals surface area (Å²) in [5, 5.41) is 5.06. The van der Waals surface area contributed by atoms with Gasteiger partial charge in [-0.15, -0.1) is 0 Å². The predicted octanol–water partition coefficient (Wildman–Crippen LogP) is 1.50. The number of amides is 1. The summed E-state index contributed by atoms with van der Waals surface area (Å²) in [6.07, 6.45) is 1.69. The lowest BCUT2D eigenvalue weighted by Crippen LogP contribution is -2.29. The number of hydrogen-bond acceptors (Lipinski definition) is 3. The monoisotopic (exact) mass is 307 g/mol. The van der Waals surface area contributed by atoms with E-state index in [9.17, 15) is 13.2 Å². The fourth-order valence-corrected chi connectivity index (χ4v) is 2.50. The van der Waals surface area contributed by atoms with Gasteiger partial charge in [-0.3, -0.25) is 4.79 Å². The van der Waals surface area contributed by atoms with Crippen LogP contribution in [0.1, 0.15) is 29.0 Å². The van der Waals surface area contributed by atoms with Gasteiger partial charge in [-0.2, -0.15) is 0 Å². The van der Waals surface area contributed by atoms with Gasteiger partial charge in [0.25, 0.3) is 5.91 Å². The van der Waals surface area contributed by atoms with Gasteiger partial charge in [0.1, 0.15) is 5.69 Å². The van der Waals surface area contributed by atoms with Crippen LogP contribution in [0.4, 0.5) is 0 Å². The minimum atomic E-state index is -3.70. The topological polar surface area (TPSA) is 96.3 Å². The molecule has 0 aliphatic carbocycles. The number of benzene rings is 1. The van der Waals surface area contributed by atoms with Crippen LogP contribution in [0.3, 0.4) is 0 Å². The third-order valence-electron chi connectivity index (χ3n) is 3.42. The lowest BCUT2D eigenvalue weighted by atomic mass is 10.1. The van der Waals surface area contributed by atoms with Crippen LogP contribution >= 0.6 is 0 Å². The largest absolute Gasteiger partial charge is 0.357 e. The molecule has 0 spiro atoms. The fourth-order valence-electron chi connectivity index (χ4n) is 1.99. The Balaban J connectivity index is 2.20. The second-order valence-corrected chi connectivity index (χ2v) is 6.35. The molecular weight excluding hydrogens is 290 g/mol. The second kappa shape index (κ2) is 5.71. The Kier molecular flexibility index (Phi) is 4.15. The number of nitrogens with one attached hydrogen (secondary N) is 1. The molecule has 3 N–H and O–H groups in total. The maximum absolute atomic E-state index is 12.2. The van der Waals surface area contributed by atoms with E-state index in [4.69, 9.17) is 5.14 Å². The highest BCUT2D eigenvalue weighted by atomic mass is 32.2.